The number of halogens is 2. The second kappa shape index (κ2) is 6.09. The summed E-state index contributed by atoms with van der Waals surface area (Å²) < 4.78 is 41.8. The first-order chi connectivity index (χ1) is 10.9. The van der Waals surface area contributed by atoms with Gasteiger partial charge < -0.3 is 0 Å². The summed E-state index contributed by atoms with van der Waals surface area (Å²) in [6.07, 6.45) is 4.03. The normalized spacial score (nSPS) is 14.1. The van der Waals surface area contributed by atoms with Crippen LogP contribution in [0.4, 0.5) is 10.1 Å². The highest BCUT2D eigenvalue weighted by atomic mass is 79.9. The number of anilines is 1. The van der Waals surface area contributed by atoms with Gasteiger partial charge in [-0.3, -0.25) is 4.72 Å². The van der Waals surface area contributed by atoms with Crippen molar-refractivity contribution in [2.45, 2.75) is 24.7 Å². The zero-order valence-corrected chi connectivity index (χ0v) is 14.8. The third kappa shape index (κ3) is 3.05. The molecular formula is C17H15BrFNO2S. The van der Waals surface area contributed by atoms with Crippen molar-refractivity contribution < 1.29 is 12.8 Å². The summed E-state index contributed by atoms with van der Waals surface area (Å²) in [7, 11) is -3.98. The predicted octanol–water partition coefficient (Wildman–Crippen LogP) is 4.74. The molecule has 0 fully saturated rings. The van der Waals surface area contributed by atoms with Crippen molar-refractivity contribution in [1.82, 2.24) is 0 Å². The molecule has 2 aromatic rings. The maximum atomic E-state index is 13.8. The Bertz CT molecular complexity index is 907. The van der Waals surface area contributed by atoms with Crippen LogP contribution in [-0.4, -0.2) is 8.42 Å². The van der Waals surface area contributed by atoms with Crippen LogP contribution >= 0.6 is 15.9 Å². The van der Waals surface area contributed by atoms with Crippen molar-refractivity contribution in [3.8, 4) is 0 Å². The first kappa shape index (κ1) is 16.2. The molecule has 0 aromatic heterocycles. The lowest BCUT2D eigenvalue weighted by Gasteiger charge is -2.20. The number of hydrogen-bond acceptors (Lipinski definition) is 2. The molecule has 0 amide bonds. The van der Waals surface area contributed by atoms with Crippen LogP contribution in [0.25, 0.3) is 5.57 Å². The summed E-state index contributed by atoms with van der Waals surface area (Å²) in [6, 6.07) is 8.94. The van der Waals surface area contributed by atoms with Crippen molar-refractivity contribution in [3.05, 3.63) is 63.9 Å². The van der Waals surface area contributed by atoms with Gasteiger partial charge in [0.1, 0.15) is 10.7 Å². The predicted molar refractivity (Wildman–Crippen MR) is 93.3 cm³/mol. The number of benzene rings is 2. The number of allylic oxidation sites excluding steroid dienone is 2. The molecule has 0 radical (unpaired) electrons. The maximum absolute atomic E-state index is 13.8. The van der Waals surface area contributed by atoms with Gasteiger partial charge in [0.15, 0.2) is 0 Å². The Hall–Kier alpha value is -1.66. The minimum Gasteiger partial charge on any atom is -0.278 e. The second-order valence-corrected chi connectivity index (χ2v) is 7.87. The highest BCUT2D eigenvalue weighted by molar-refractivity contribution is 9.10. The molecule has 0 saturated carbocycles. The van der Waals surface area contributed by atoms with Crippen LogP contribution in [-0.2, 0) is 16.4 Å². The molecule has 0 bridgehead atoms. The lowest BCUT2D eigenvalue weighted by molar-refractivity contribution is 0.570. The Morgan fingerprint density at radius 2 is 1.91 bits per heavy atom. The molecule has 1 aliphatic carbocycles. The Morgan fingerprint density at radius 3 is 2.65 bits per heavy atom. The topological polar surface area (TPSA) is 46.2 Å². The van der Waals surface area contributed by atoms with E-state index in [0.29, 0.717) is 10.2 Å². The zero-order valence-electron chi connectivity index (χ0n) is 12.4. The lowest BCUT2D eigenvalue weighted by Crippen LogP contribution is -2.15. The van der Waals surface area contributed by atoms with E-state index in [0.717, 1.165) is 30.0 Å². The molecule has 6 heteroatoms. The highest BCUT2D eigenvalue weighted by Crippen LogP contribution is 2.38. The summed E-state index contributed by atoms with van der Waals surface area (Å²) in [4.78, 5) is -0.364. The average molecular weight is 396 g/mol. The van der Waals surface area contributed by atoms with Gasteiger partial charge in [-0.1, -0.05) is 24.3 Å². The maximum Gasteiger partial charge on any atom is 0.264 e. The summed E-state index contributed by atoms with van der Waals surface area (Å²) >= 11 is 3.49. The summed E-state index contributed by atoms with van der Waals surface area (Å²) in [5.74, 6) is -0.773. The second-order valence-electron chi connectivity index (χ2n) is 5.42. The van der Waals surface area contributed by atoms with Gasteiger partial charge in [0.25, 0.3) is 10.0 Å². The van der Waals surface area contributed by atoms with Crippen molar-refractivity contribution in [3.63, 3.8) is 0 Å². The van der Waals surface area contributed by atoms with Crippen LogP contribution in [0.2, 0.25) is 0 Å². The molecular weight excluding hydrogens is 381 g/mol. The minimum atomic E-state index is -3.98. The molecule has 0 spiro atoms. The smallest absolute Gasteiger partial charge is 0.264 e. The fraction of sp³-hybridized carbons (Fsp3) is 0.176. The van der Waals surface area contributed by atoms with E-state index >= 15 is 0 Å². The molecule has 1 N–H and O–H groups in total. The first-order valence-electron chi connectivity index (χ1n) is 7.16. The van der Waals surface area contributed by atoms with Crippen molar-refractivity contribution in [2.24, 2.45) is 0 Å². The van der Waals surface area contributed by atoms with E-state index in [4.69, 9.17) is 0 Å². The molecule has 3 nitrogen and oxygen atoms in total. The highest BCUT2D eigenvalue weighted by Gasteiger charge is 2.22. The molecule has 0 aliphatic heterocycles. The Labute approximate surface area is 143 Å². The van der Waals surface area contributed by atoms with E-state index in [-0.39, 0.29) is 4.90 Å². The molecule has 2 aromatic carbocycles. The van der Waals surface area contributed by atoms with E-state index in [1.54, 1.807) is 6.07 Å². The van der Waals surface area contributed by atoms with Gasteiger partial charge in [0.2, 0.25) is 0 Å². The van der Waals surface area contributed by atoms with E-state index < -0.39 is 15.8 Å². The molecule has 1 aliphatic rings. The Morgan fingerprint density at radius 1 is 1.17 bits per heavy atom. The molecule has 120 valence electrons. The monoisotopic (exact) mass is 395 g/mol. The molecule has 0 unspecified atom stereocenters. The van der Waals surface area contributed by atoms with Gasteiger partial charge in [-0.2, -0.15) is 0 Å². The van der Waals surface area contributed by atoms with Crippen molar-refractivity contribution in [2.75, 3.05) is 4.72 Å². The van der Waals surface area contributed by atoms with Gasteiger partial charge in [0, 0.05) is 4.47 Å². The summed E-state index contributed by atoms with van der Waals surface area (Å²) in [5.41, 5.74) is 3.68. The van der Waals surface area contributed by atoms with Crippen molar-refractivity contribution in [1.29, 1.82) is 0 Å². The van der Waals surface area contributed by atoms with Crippen LogP contribution in [0.3, 0.4) is 0 Å². The van der Waals surface area contributed by atoms with E-state index in [1.165, 1.54) is 23.8 Å². The molecule has 0 saturated heterocycles. The molecule has 0 heterocycles. The number of nitrogens with one attached hydrogen (secondary N) is 1. The Kier molecular flexibility index (Phi) is 4.29. The zero-order chi connectivity index (χ0) is 16.6. The first-order valence-corrected chi connectivity index (χ1v) is 9.43. The van der Waals surface area contributed by atoms with Gasteiger partial charge in [-0.05, 0) is 70.6 Å². The fourth-order valence-corrected chi connectivity index (χ4v) is 4.82. The van der Waals surface area contributed by atoms with Gasteiger partial charge in [-0.15, -0.1) is 0 Å². The standard InChI is InChI=1S/C17H15BrFNO2S/c1-11-5-4-6-12-9-10-14(17(18)16(11)12)20-23(21,22)15-8-3-2-7-13(15)19/h2-3,5,7-10,20H,4,6H2,1H3. The van der Waals surface area contributed by atoms with Crippen LogP contribution < -0.4 is 4.72 Å². The van der Waals surface area contributed by atoms with Gasteiger partial charge >= 0.3 is 0 Å². The van der Waals surface area contributed by atoms with Crippen LogP contribution in [0, 0.1) is 5.82 Å². The summed E-state index contributed by atoms with van der Waals surface area (Å²) in [5, 5.41) is 0. The summed E-state index contributed by atoms with van der Waals surface area (Å²) in [6.45, 7) is 2.00. The van der Waals surface area contributed by atoms with Crippen LogP contribution in [0.1, 0.15) is 24.5 Å². The third-order valence-corrected chi connectivity index (χ3v) is 6.08. The third-order valence-electron chi connectivity index (χ3n) is 3.86. The molecule has 0 atom stereocenters. The number of fused-ring (bicyclic) bond motifs is 1. The van der Waals surface area contributed by atoms with Gasteiger partial charge in [-0.25, -0.2) is 12.8 Å². The number of rotatable bonds is 3. The SMILES string of the molecule is CC1=CCCc2ccc(NS(=O)(=O)c3ccccc3F)c(Br)c21. The largest absolute Gasteiger partial charge is 0.278 e. The number of hydrogen-bond donors (Lipinski definition) is 1. The number of sulfonamides is 1. The van der Waals surface area contributed by atoms with Crippen LogP contribution in [0.5, 0.6) is 0 Å². The van der Waals surface area contributed by atoms with Crippen molar-refractivity contribution >= 4 is 37.2 Å². The van der Waals surface area contributed by atoms with E-state index in [1.807, 2.05) is 13.0 Å². The lowest BCUT2D eigenvalue weighted by atomic mass is 9.91. The number of aryl methyl sites for hydroxylation is 1. The van der Waals surface area contributed by atoms with E-state index in [2.05, 4.69) is 26.7 Å². The van der Waals surface area contributed by atoms with Gasteiger partial charge in [0.05, 0.1) is 5.69 Å². The van der Waals surface area contributed by atoms with E-state index in [9.17, 15) is 12.8 Å². The fourth-order valence-electron chi connectivity index (χ4n) is 2.74. The van der Waals surface area contributed by atoms with Crippen LogP contribution in [0.15, 0.2) is 51.8 Å². The Balaban J connectivity index is 2.04. The average Bonchev–Trinajstić information content (AvgIpc) is 2.50. The quantitative estimate of drug-likeness (QED) is 0.815. The molecule has 3 rings (SSSR count). The molecule has 23 heavy (non-hydrogen) atoms. The minimum absolute atomic E-state index is 0.364.